The van der Waals surface area contributed by atoms with E-state index in [1.54, 1.807) is 0 Å². The molecule has 1 saturated heterocycles. The third kappa shape index (κ3) is 25.9. The summed E-state index contributed by atoms with van der Waals surface area (Å²) in [6.07, 6.45) is 0. The number of amidine groups is 1. The zero-order valence-corrected chi connectivity index (χ0v) is 28.2. The minimum Gasteiger partial charge on any atom is -1.00 e. The van der Waals surface area contributed by atoms with Crippen molar-refractivity contribution in [1.29, 1.82) is 0 Å². The molecule has 0 saturated carbocycles. The molecule has 0 radical (unpaired) electrons. The van der Waals surface area contributed by atoms with E-state index in [0.29, 0.717) is 5.76 Å². The first-order valence-corrected chi connectivity index (χ1v) is 8.99. The molecule has 0 spiro atoms. The quantitative estimate of drug-likeness (QED) is 0.115. The van der Waals surface area contributed by atoms with Crippen molar-refractivity contribution < 1.29 is 151 Å². The summed E-state index contributed by atoms with van der Waals surface area (Å²) in [6.45, 7) is 3.97. The van der Waals surface area contributed by atoms with Crippen LogP contribution in [-0.4, -0.2) is 106 Å². The molecule has 0 aromatic rings. The first kappa shape index (κ1) is 50.2. The maximum atomic E-state index is 9.25. The van der Waals surface area contributed by atoms with E-state index >= 15 is 0 Å². The van der Waals surface area contributed by atoms with E-state index < -0.39 is 27.7 Å². The van der Waals surface area contributed by atoms with Gasteiger partial charge < -0.3 is 32.6 Å². The van der Waals surface area contributed by atoms with Crippen LogP contribution < -0.4 is 115 Å². The summed E-state index contributed by atoms with van der Waals surface area (Å²) in [4.78, 5) is 5.83. The molecule has 0 unspecified atom stereocenters. The summed E-state index contributed by atoms with van der Waals surface area (Å²) < 4.78 is 52.9. The van der Waals surface area contributed by atoms with Gasteiger partial charge in [0.25, 0.3) is 0 Å². The second-order valence-corrected chi connectivity index (χ2v) is 6.52. The van der Waals surface area contributed by atoms with E-state index in [1.807, 2.05) is 47.5 Å². The topological polar surface area (TPSA) is 127 Å². The molecule has 10 nitrogen and oxygen atoms in total. The molecule has 2 aliphatic heterocycles. The van der Waals surface area contributed by atoms with Gasteiger partial charge in [-0.15, -0.1) is 0 Å². The van der Waals surface area contributed by atoms with Crippen molar-refractivity contribution in [2.24, 2.45) is 0 Å². The van der Waals surface area contributed by atoms with Crippen molar-refractivity contribution in [2.75, 3.05) is 54.4 Å². The zero-order valence-electron chi connectivity index (χ0n) is 17.3. The number of hydrogen-bond donors (Lipinski definition) is 0. The summed E-state index contributed by atoms with van der Waals surface area (Å²) in [5, 5.41) is 0.852. The van der Waals surface area contributed by atoms with Crippen LogP contribution in [0.3, 0.4) is 0 Å². The van der Waals surface area contributed by atoms with Crippen LogP contribution in [0.25, 0.3) is 5.76 Å². The van der Waals surface area contributed by atoms with E-state index in [2.05, 4.69) is 0 Å². The minimum atomic E-state index is -0.778. The van der Waals surface area contributed by atoms with Gasteiger partial charge in [0.05, 0.1) is 14.1 Å². The van der Waals surface area contributed by atoms with Crippen molar-refractivity contribution >= 4 is 63.2 Å². The summed E-state index contributed by atoms with van der Waals surface area (Å²) in [6, 6.07) is 0. The van der Waals surface area contributed by atoms with Crippen molar-refractivity contribution in [1.82, 2.24) is 14.7 Å². The molecule has 0 atom stereocenters. The molecule has 172 valence electrons. The number of hydrogen-bond acceptors (Lipinski definition) is 7. The van der Waals surface area contributed by atoms with E-state index in [-0.39, 0.29) is 121 Å². The monoisotopic (exact) mass is 612 g/mol. The third-order valence-corrected chi connectivity index (χ3v) is 4.82. The van der Waals surface area contributed by atoms with Crippen LogP contribution in [0.4, 0.5) is 8.96 Å². The van der Waals surface area contributed by atoms with Crippen LogP contribution in [0.2, 0.25) is 0 Å². The van der Waals surface area contributed by atoms with Crippen molar-refractivity contribution in [3.8, 4) is 0 Å². The molecule has 30 heavy (non-hydrogen) atoms. The number of nitrogens with zero attached hydrogens (tertiary/aromatic N) is 5. The molecular weight excluding hydrogens is 592 g/mol. The maximum Gasteiger partial charge on any atom is 1.00 e. The van der Waals surface area contributed by atoms with Gasteiger partial charge in [0.2, 0.25) is 4.58 Å². The molecule has 0 aliphatic carbocycles. The summed E-state index contributed by atoms with van der Waals surface area (Å²) in [7, 11) is 7.80. The average Bonchev–Trinajstić information content (AvgIpc) is 2.97. The molecule has 2 rings (SSSR count). The van der Waals surface area contributed by atoms with Gasteiger partial charge >= 0.3 is 131 Å². The second-order valence-electron chi connectivity index (χ2n) is 4.66. The Hall–Kier alpha value is 3.24. The summed E-state index contributed by atoms with van der Waals surface area (Å²) in [5.74, 6) is 0.500. The Morgan fingerprint density at radius 3 is 1.30 bits per heavy atom. The zero-order chi connectivity index (χ0) is 21.3. The number of likely N-dealkylation sites (N-methyl/N-ethyl adjacent to an activating group) is 4. The largest absolute Gasteiger partial charge is 1.00 e. The average molecular weight is 614 g/mol. The minimum absolute atomic E-state index is 0. The van der Waals surface area contributed by atoms with E-state index in [1.165, 1.54) is 0 Å². The van der Waals surface area contributed by atoms with Crippen molar-refractivity contribution in [3.63, 3.8) is 0 Å². The van der Waals surface area contributed by atoms with E-state index in [4.69, 9.17) is 51.6 Å². The number of alkyl halides is 2. The standard InChI is InChI=1S/C5H10Cl2N2.C5H10ClN2.ClH.F2N.2K.2O2S.H2O/c1-8-3-4-9(2)5(8,6)7;1-7-3-4-8(2)5(7)6;;1-3-2;;;2*1-3-2;/h3-4H2,1-2H3;3-4H2,1-2H3;1H;;;;;;1H2/q;+1;;-1;2*+1;;;/p-1. The summed E-state index contributed by atoms with van der Waals surface area (Å²) in [5.41, 5.74) is 0. The van der Waals surface area contributed by atoms with Gasteiger partial charge in [0.1, 0.15) is 13.1 Å². The van der Waals surface area contributed by atoms with E-state index in [0.717, 1.165) is 31.5 Å². The Morgan fingerprint density at radius 2 is 1.23 bits per heavy atom. The first-order valence-electron chi connectivity index (χ1n) is 6.52. The van der Waals surface area contributed by atoms with Gasteiger partial charge in [0.15, 0.2) is 0 Å². The van der Waals surface area contributed by atoms with Crippen LogP contribution >= 0.6 is 34.8 Å². The van der Waals surface area contributed by atoms with Gasteiger partial charge in [-0.2, -0.15) is 16.8 Å². The smallest absolute Gasteiger partial charge is 1.00 e. The van der Waals surface area contributed by atoms with Crippen LogP contribution in [0, 0.1) is 0 Å². The summed E-state index contributed by atoms with van der Waals surface area (Å²) >= 11 is 16.1. The molecule has 20 heteroatoms. The molecule has 2 aliphatic rings. The predicted molar refractivity (Wildman–Crippen MR) is 101 cm³/mol. The Bertz CT molecular complexity index is 487. The molecule has 0 bridgehead atoms. The number of halogens is 6. The van der Waals surface area contributed by atoms with Gasteiger partial charge in [-0.25, -0.2) is 0 Å². The fraction of sp³-hybridized carbons (Fsp3) is 0.900. The maximum absolute atomic E-state index is 9.25. The Morgan fingerprint density at radius 1 is 0.967 bits per heavy atom. The first-order chi connectivity index (χ1) is 12.0. The molecule has 2 heterocycles. The Balaban J connectivity index is -0.0000000467. The second kappa shape index (κ2) is 32.2. The molecular formula is C10H22Cl4F2K2N5O5S2+. The predicted octanol–water partition coefficient (Wildman–Crippen LogP) is -8.90. The fourth-order valence-corrected chi connectivity index (χ4v) is 2.14. The molecule has 0 aromatic carbocycles. The van der Waals surface area contributed by atoms with Gasteiger partial charge in [-0.1, -0.05) is 23.2 Å². The SMILES string of the molecule is CN1CCN(C)C1(Cl)Cl.CN1CC[N+](C)=C1Cl.F[N-]F.O.O=S=O.O=S=O.[Cl-].[K+].[K+]. The van der Waals surface area contributed by atoms with E-state index in [9.17, 15) is 8.96 Å². The Kier molecular flexibility index (Phi) is 53.9. The fourth-order valence-electron chi connectivity index (χ4n) is 1.64. The third-order valence-electron chi connectivity index (χ3n) is 3.09. The van der Waals surface area contributed by atoms with Crippen molar-refractivity contribution in [2.45, 2.75) is 4.58 Å². The van der Waals surface area contributed by atoms with Gasteiger partial charge in [-0.05, 0) is 14.1 Å². The van der Waals surface area contributed by atoms with Crippen LogP contribution in [0.5, 0.6) is 0 Å². The van der Waals surface area contributed by atoms with Crippen LogP contribution in [-0.2, 0) is 23.1 Å². The molecule has 1 fully saturated rings. The number of rotatable bonds is 0. The Labute approximate surface area is 288 Å². The van der Waals surface area contributed by atoms with Crippen LogP contribution in [0.15, 0.2) is 0 Å². The van der Waals surface area contributed by atoms with Crippen molar-refractivity contribution in [3.05, 3.63) is 5.76 Å². The van der Waals surface area contributed by atoms with Crippen LogP contribution in [0.1, 0.15) is 0 Å². The molecule has 0 amide bonds. The van der Waals surface area contributed by atoms with Gasteiger partial charge in [-0.3, -0.25) is 19.3 Å². The van der Waals surface area contributed by atoms with Gasteiger partial charge in [0, 0.05) is 24.7 Å². The molecule has 0 aromatic heterocycles. The molecule has 2 N–H and O–H groups in total. The normalized spacial score (nSPS) is 15.7.